The van der Waals surface area contributed by atoms with E-state index < -0.39 is 0 Å². The van der Waals surface area contributed by atoms with Crippen molar-refractivity contribution in [3.05, 3.63) is 29.3 Å². The van der Waals surface area contributed by atoms with Gasteiger partial charge in [0.05, 0.1) is 7.11 Å². The summed E-state index contributed by atoms with van der Waals surface area (Å²) in [7, 11) is 1.70. The Morgan fingerprint density at radius 2 is 2.25 bits per heavy atom. The molecule has 3 heteroatoms. The molecule has 1 amide bonds. The molecule has 0 bridgehead atoms. The van der Waals surface area contributed by atoms with Crippen molar-refractivity contribution in [1.29, 1.82) is 0 Å². The number of hydrogen-bond donors (Lipinski definition) is 0. The van der Waals surface area contributed by atoms with Crippen molar-refractivity contribution < 1.29 is 9.53 Å². The average Bonchev–Trinajstić information content (AvgIpc) is 2.87. The van der Waals surface area contributed by atoms with Crippen molar-refractivity contribution in [3.8, 4) is 5.75 Å². The van der Waals surface area contributed by atoms with Gasteiger partial charge in [-0.25, -0.2) is 0 Å². The van der Waals surface area contributed by atoms with Gasteiger partial charge in [-0.15, -0.1) is 0 Å². The summed E-state index contributed by atoms with van der Waals surface area (Å²) < 4.78 is 5.30. The Kier molecular flexibility index (Phi) is 5.05. The molecule has 3 nitrogen and oxygen atoms in total. The number of amides is 1. The molecule has 2 rings (SSSR count). The lowest BCUT2D eigenvalue weighted by Crippen LogP contribution is -2.36. The Morgan fingerprint density at radius 1 is 1.45 bits per heavy atom. The van der Waals surface area contributed by atoms with E-state index in [1.165, 1.54) is 5.56 Å². The lowest BCUT2D eigenvalue weighted by atomic mass is 10.0. The molecule has 1 saturated heterocycles. The third-order valence-corrected chi connectivity index (χ3v) is 4.09. The van der Waals surface area contributed by atoms with Crippen LogP contribution >= 0.6 is 0 Å². The summed E-state index contributed by atoms with van der Waals surface area (Å²) in [5.41, 5.74) is 2.46. The van der Waals surface area contributed by atoms with Crippen molar-refractivity contribution >= 4 is 5.91 Å². The Labute approximate surface area is 121 Å². The van der Waals surface area contributed by atoms with Gasteiger partial charge in [-0.2, -0.15) is 0 Å². The minimum absolute atomic E-state index is 0.320. The molecule has 20 heavy (non-hydrogen) atoms. The van der Waals surface area contributed by atoms with Crippen LogP contribution in [0, 0.1) is 6.92 Å². The van der Waals surface area contributed by atoms with Crippen LogP contribution < -0.4 is 4.74 Å². The van der Waals surface area contributed by atoms with Crippen molar-refractivity contribution in [3.63, 3.8) is 0 Å². The van der Waals surface area contributed by atoms with Crippen LogP contribution in [0.4, 0.5) is 0 Å². The van der Waals surface area contributed by atoms with E-state index in [1.807, 2.05) is 6.07 Å². The van der Waals surface area contributed by atoms with Gasteiger partial charge < -0.3 is 9.64 Å². The van der Waals surface area contributed by atoms with E-state index in [0.717, 1.165) is 43.5 Å². The molecule has 1 unspecified atom stereocenters. The average molecular weight is 275 g/mol. The van der Waals surface area contributed by atoms with Crippen LogP contribution in [0.1, 0.15) is 43.7 Å². The predicted octanol–water partition coefficient (Wildman–Crippen LogP) is 3.34. The highest BCUT2D eigenvalue weighted by Crippen LogP contribution is 2.25. The van der Waals surface area contributed by atoms with E-state index in [2.05, 4.69) is 30.9 Å². The van der Waals surface area contributed by atoms with Crippen LogP contribution in [-0.2, 0) is 11.2 Å². The molecule has 1 aliphatic rings. The summed E-state index contributed by atoms with van der Waals surface area (Å²) >= 11 is 0. The first kappa shape index (κ1) is 14.9. The van der Waals surface area contributed by atoms with Crippen LogP contribution in [0.15, 0.2) is 18.2 Å². The first-order chi connectivity index (χ1) is 9.65. The summed E-state index contributed by atoms with van der Waals surface area (Å²) in [6.45, 7) is 5.06. The molecule has 1 aromatic rings. The second kappa shape index (κ2) is 6.78. The summed E-state index contributed by atoms with van der Waals surface area (Å²) in [6, 6.07) is 6.70. The molecule has 0 saturated carbocycles. The number of nitrogens with zero attached hydrogens (tertiary/aromatic N) is 1. The maximum Gasteiger partial charge on any atom is 0.222 e. The molecule has 1 atom stereocenters. The van der Waals surface area contributed by atoms with Gasteiger partial charge in [0, 0.05) is 19.0 Å². The fraction of sp³-hybridized carbons (Fsp3) is 0.588. The molecule has 1 fully saturated rings. The lowest BCUT2D eigenvalue weighted by molar-refractivity contribution is -0.132. The van der Waals surface area contributed by atoms with Crippen LogP contribution in [-0.4, -0.2) is 30.5 Å². The topological polar surface area (TPSA) is 29.5 Å². The lowest BCUT2D eigenvalue weighted by Gasteiger charge is -2.25. The highest BCUT2D eigenvalue weighted by Gasteiger charge is 2.28. The third-order valence-electron chi connectivity index (χ3n) is 4.09. The van der Waals surface area contributed by atoms with Gasteiger partial charge in [0.25, 0.3) is 0 Å². The zero-order valence-corrected chi connectivity index (χ0v) is 12.8. The Balaban J connectivity index is 2.05. The Bertz CT molecular complexity index is 470. The molecule has 0 spiro atoms. The molecule has 1 aromatic carbocycles. The highest BCUT2D eigenvalue weighted by atomic mass is 16.5. The third kappa shape index (κ3) is 3.33. The minimum Gasteiger partial charge on any atom is -0.496 e. The Hall–Kier alpha value is -1.51. The number of carbonyl (C=O) groups is 1. The van der Waals surface area contributed by atoms with Gasteiger partial charge in [-0.3, -0.25) is 4.79 Å². The van der Waals surface area contributed by atoms with Gasteiger partial charge in [-0.1, -0.05) is 19.1 Å². The number of methoxy groups -OCH3 is 1. The normalized spacial score (nSPS) is 18.4. The summed E-state index contributed by atoms with van der Waals surface area (Å²) in [6.07, 6.45) is 4.83. The number of carbonyl (C=O) groups excluding carboxylic acids is 1. The number of hydrogen-bond acceptors (Lipinski definition) is 2. The highest BCUT2D eigenvalue weighted by molar-refractivity contribution is 5.76. The van der Waals surface area contributed by atoms with E-state index >= 15 is 0 Å². The maximum atomic E-state index is 12.1. The second-order valence-electron chi connectivity index (χ2n) is 5.64. The number of likely N-dealkylation sites (tertiary alicyclic amines) is 1. The van der Waals surface area contributed by atoms with Crippen LogP contribution in [0.25, 0.3) is 0 Å². The molecule has 0 aliphatic carbocycles. The fourth-order valence-corrected chi connectivity index (χ4v) is 3.07. The molecule has 0 N–H and O–H groups in total. The SMILES string of the molecule is CCCC(=O)N1CCCC1Cc1ccc(OC)c(C)c1. The summed E-state index contributed by atoms with van der Waals surface area (Å²) in [5, 5.41) is 0. The zero-order chi connectivity index (χ0) is 14.5. The van der Waals surface area contributed by atoms with Crippen LogP contribution in [0.5, 0.6) is 5.75 Å². The van der Waals surface area contributed by atoms with Crippen LogP contribution in [0.2, 0.25) is 0 Å². The second-order valence-corrected chi connectivity index (χ2v) is 5.64. The van der Waals surface area contributed by atoms with E-state index in [0.29, 0.717) is 18.4 Å². The van der Waals surface area contributed by atoms with Crippen molar-refractivity contribution in [2.24, 2.45) is 0 Å². The maximum absolute atomic E-state index is 12.1. The standard InChI is InChI=1S/C17H25NO2/c1-4-6-17(19)18-10-5-7-15(18)12-14-8-9-16(20-3)13(2)11-14/h8-9,11,15H,4-7,10,12H2,1-3H3. The summed E-state index contributed by atoms with van der Waals surface area (Å²) in [4.78, 5) is 14.2. The summed E-state index contributed by atoms with van der Waals surface area (Å²) in [5.74, 6) is 1.25. The van der Waals surface area contributed by atoms with E-state index in [4.69, 9.17) is 4.74 Å². The predicted molar refractivity (Wildman–Crippen MR) is 81.1 cm³/mol. The van der Waals surface area contributed by atoms with Crippen molar-refractivity contribution in [1.82, 2.24) is 4.90 Å². The first-order valence-electron chi connectivity index (χ1n) is 7.58. The van der Waals surface area contributed by atoms with Gasteiger partial charge in [0.2, 0.25) is 5.91 Å². The van der Waals surface area contributed by atoms with E-state index in [-0.39, 0.29) is 0 Å². The largest absolute Gasteiger partial charge is 0.496 e. The minimum atomic E-state index is 0.320. The van der Waals surface area contributed by atoms with Gasteiger partial charge in [-0.05, 0) is 49.8 Å². The number of aryl methyl sites for hydroxylation is 1. The van der Waals surface area contributed by atoms with Crippen molar-refractivity contribution in [2.75, 3.05) is 13.7 Å². The molecule has 110 valence electrons. The first-order valence-corrected chi connectivity index (χ1v) is 7.58. The smallest absolute Gasteiger partial charge is 0.222 e. The Morgan fingerprint density at radius 3 is 2.90 bits per heavy atom. The molecule has 1 heterocycles. The van der Waals surface area contributed by atoms with E-state index in [1.54, 1.807) is 7.11 Å². The monoisotopic (exact) mass is 275 g/mol. The molecular formula is C17H25NO2. The number of rotatable bonds is 5. The molecular weight excluding hydrogens is 250 g/mol. The van der Waals surface area contributed by atoms with E-state index in [9.17, 15) is 4.79 Å². The quantitative estimate of drug-likeness (QED) is 0.825. The number of ether oxygens (including phenoxy) is 1. The van der Waals surface area contributed by atoms with Gasteiger partial charge in [0.15, 0.2) is 0 Å². The molecule has 0 radical (unpaired) electrons. The van der Waals surface area contributed by atoms with Gasteiger partial charge >= 0.3 is 0 Å². The molecule has 0 aromatic heterocycles. The zero-order valence-electron chi connectivity index (χ0n) is 12.8. The molecule has 1 aliphatic heterocycles. The fourth-order valence-electron chi connectivity index (χ4n) is 3.07. The van der Waals surface area contributed by atoms with Gasteiger partial charge in [0.1, 0.15) is 5.75 Å². The van der Waals surface area contributed by atoms with Crippen molar-refractivity contribution in [2.45, 2.75) is 52.0 Å². The number of benzene rings is 1. The van der Waals surface area contributed by atoms with Crippen LogP contribution in [0.3, 0.4) is 0 Å².